The molecule has 8 rings (SSSR count). The minimum absolute atomic E-state index is 0.0135. The van der Waals surface area contributed by atoms with Gasteiger partial charge in [-0.05, 0) is 35.1 Å². The van der Waals surface area contributed by atoms with Crippen molar-refractivity contribution in [3.8, 4) is 0 Å². The summed E-state index contributed by atoms with van der Waals surface area (Å²) in [5, 5.41) is 15.9. The summed E-state index contributed by atoms with van der Waals surface area (Å²) in [6.45, 7) is 2.98. The molecule has 0 aliphatic carbocycles. The Morgan fingerprint density at radius 2 is 1.30 bits per heavy atom. The van der Waals surface area contributed by atoms with Crippen LogP contribution in [-0.4, -0.2) is 117 Å². The molecule has 16 heteroatoms. The van der Waals surface area contributed by atoms with Gasteiger partial charge in [-0.2, -0.15) is 0 Å². The van der Waals surface area contributed by atoms with E-state index in [4.69, 9.17) is 52.1 Å². The van der Waals surface area contributed by atoms with Gasteiger partial charge in [0.05, 0.1) is 65.0 Å². The van der Waals surface area contributed by atoms with Crippen LogP contribution in [0.1, 0.15) is 86.5 Å². The first kappa shape index (κ1) is 57.3. The maximum Gasteiger partial charge on any atom is 0.305 e. The third-order valence-corrected chi connectivity index (χ3v) is 13.9. The molecule has 5 aromatic rings. The quantitative estimate of drug-likeness (QED) is 0.0378. The topological polar surface area (TPSA) is 185 Å². The Balaban J connectivity index is 1.22. The highest BCUT2D eigenvalue weighted by atomic mass is 16.8. The molecule has 3 aliphatic heterocycles. The maximum atomic E-state index is 13.6. The number of benzene rings is 5. The summed E-state index contributed by atoms with van der Waals surface area (Å²) >= 11 is 0. The lowest BCUT2D eigenvalue weighted by Crippen LogP contribution is -2.70. The Hall–Kier alpha value is -5.89. The fourth-order valence-electron chi connectivity index (χ4n) is 10.1. The highest BCUT2D eigenvalue weighted by Gasteiger charge is 2.59. The summed E-state index contributed by atoms with van der Waals surface area (Å²) in [6.07, 6.45) is -7.39. The number of hydrogen-bond acceptors (Lipinski definition) is 15. The van der Waals surface area contributed by atoms with Gasteiger partial charge in [0.25, 0.3) is 0 Å². The van der Waals surface area contributed by atoms with Gasteiger partial charge in [-0.1, -0.05) is 165 Å². The van der Waals surface area contributed by atoms with Crippen molar-refractivity contribution >= 4 is 17.8 Å². The van der Waals surface area contributed by atoms with Gasteiger partial charge in [0.2, 0.25) is 11.7 Å². The number of carbonyl (C=O) groups is 3. The molecule has 12 atom stereocenters. The Bertz CT molecular complexity index is 2530. The number of unbranched alkanes of at least 4 members (excludes halogenated alkanes) is 2. The number of amides is 1. The van der Waals surface area contributed by atoms with Crippen LogP contribution >= 0.6 is 0 Å². The zero-order valence-electron chi connectivity index (χ0n) is 44.1. The van der Waals surface area contributed by atoms with Crippen LogP contribution in [0.15, 0.2) is 152 Å². The fraction of sp³-hybridized carbons (Fsp3) is 0.459. The van der Waals surface area contributed by atoms with Crippen LogP contribution in [0.5, 0.6) is 0 Å². The van der Waals surface area contributed by atoms with Crippen LogP contribution in [0.2, 0.25) is 0 Å². The molecule has 2 unspecified atom stereocenters. The van der Waals surface area contributed by atoms with Crippen molar-refractivity contribution in [3.05, 3.63) is 179 Å². The molecular weight excluding hydrogens is 987 g/mol. The van der Waals surface area contributed by atoms with Crippen molar-refractivity contribution in [2.24, 2.45) is 0 Å². The van der Waals surface area contributed by atoms with Gasteiger partial charge in [0.1, 0.15) is 49.3 Å². The average molecular weight is 1060 g/mol. The predicted molar refractivity (Wildman–Crippen MR) is 282 cm³/mol. The molecule has 16 nitrogen and oxygen atoms in total. The maximum absolute atomic E-state index is 13.6. The molecule has 0 spiro atoms. The van der Waals surface area contributed by atoms with E-state index in [2.05, 4.69) is 5.32 Å². The number of nitrogens with one attached hydrogen (secondary N) is 1. The zero-order chi connectivity index (χ0) is 53.8. The summed E-state index contributed by atoms with van der Waals surface area (Å²) in [5.74, 6) is -3.19. The monoisotopic (exact) mass is 1060 g/mol. The van der Waals surface area contributed by atoms with Crippen molar-refractivity contribution in [3.63, 3.8) is 0 Å². The van der Waals surface area contributed by atoms with Gasteiger partial charge < -0.3 is 62.5 Å². The predicted octanol–water partition coefficient (Wildman–Crippen LogP) is 8.26. The summed E-state index contributed by atoms with van der Waals surface area (Å²) in [5.41, 5.74) is 4.30. The van der Waals surface area contributed by atoms with Gasteiger partial charge in [0, 0.05) is 32.3 Å². The largest absolute Gasteiger partial charge is 0.469 e. The number of fused-ring (bicyclic) bond motifs is 1. The van der Waals surface area contributed by atoms with Gasteiger partial charge >= 0.3 is 11.9 Å². The zero-order valence-corrected chi connectivity index (χ0v) is 44.1. The first-order chi connectivity index (χ1) is 37.6. The number of ether oxygens (including phenoxy) is 11. The van der Waals surface area contributed by atoms with Crippen molar-refractivity contribution in [1.82, 2.24) is 5.32 Å². The SMILES string of the molecule is COC(=O)CCCCC[C@@H]1O[C@@H]2COC(c3ccccc3)O[C@@H]2[C@H](OC2(COC(C)=O)C[C@H](OCc3ccccc3)[C@@H](NC(C)=O)[C@H]([C@H](OCc3ccccc3)[C@@H](COCc3ccccc3)OCc3ccccc3)O2)[C@H]1O. The lowest BCUT2D eigenvalue weighted by Gasteiger charge is -2.54. The third kappa shape index (κ3) is 16.8. The smallest absolute Gasteiger partial charge is 0.305 e. The molecule has 3 saturated heterocycles. The molecule has 0 saturated carbocycles. The van der Waals surface area contributed by atoms with E-state index in [1.807, 2.05) is 152 Å². The van der Waals surface area contributed by atoms with Crippen molar-refractivity contribution < 1.29 is 71.6 Å². The van der Waals surface area contributed by atoms with Gasteiger partial charge in [-0.15, -0.1) is 0 Å². The number of aliphatic hydroxyl groups excluding tert-OH is 1. The second-order valence-corrected chi connectivity index (χ2v) is 19.8. The molecule has 0 aromatic heterocycles. The van der Waals surface area contributed by atoms with E-state index in [-0.39, 0.29) is 64.4 Å². The van der Waals surface area contributed by atoms with E-state index >= 15 is 0 Å². The van der Waals surface area contributed by atoms with Gasteiger partial charge in [-0.25, -0.2) is 0 Å². The van der Waals surface area contributed by atoms with Crippen LogP contribution in [-0.2, 0) is 92.9 Å². The van der Waals surface area contributed by atoms with Crippen LogP contribution in [0, 0.1) is 0 Å². The molecule has 0 bridgehead atoms. The number of aliphatic hydroxyl groups is 1. The lowest BCUT2D eigenvalue weighted by atomic mass is 9.87. The number of hydrogen-bond donors (Lipinski definition) is 2. The van der Waals surface area contributed by atoms with Crippen molar-refractivity contribution in [1.29, 1.82) is 0 Å². The lowest BCUT2D eigenvalue weighted by molar-refractivity contribution is -0.396. The van der Waals surface area contributed by atoms with Crippen LogP contribution in [0.25, 0.3) is 0 Å². The minimum atomic E-state index is -1.92. The fourth-order valence-corrected chi connectivity index (χ4v) is 10.1. The first-order valence-corrected chi connectivity index (χ1v) is 26.6. The van der Waals surface area contributed by atoms with Crippen LogP contribution in [0.3, 0.4) is 0 Å². The Kier molecular flexibility index (Phi) is 21.7. The van der Waals surface area contributed by atoms with Crippen LogP contribution in [0.4, 0.5) is 0 Å². The average Bonchev–Trinajstić information content (AvgIpc) is 3.50. The highest BCUT2D eigenvalue weighted by Crippen LogP contribution is 2.43. The summed E-state index contributed by atoms with van der Waals surface area (Å²) in [6, 6.07) is 47.3. The molecule has 0 radical (unpaired) electrons. The van der Waals surface area contributed by atoms with Crippen molar-refractivity contribution in [2.75, 3.05) is 26.9 Å². The van der Waals surface area contributed by atoms with Gasteiger partial charge in [0.15, 0.2) is 6.29 Å². The van der Waals surface area contributed by atoms with E-state index in [0.29, 0.717) is 25.7 Å². The Morgan fingerprint density at radius 1 is 0.714 bits per heavy atom. The van der Waals surface area contributed by atoms with E-state index in [1.54, 1.807) is 0 Å². The third-order valence-electron chi connectivity index (χ3n) is 13.9. The normalized spacial score (nSPS) is 25.9. The molecule has 412 valence electrons. The molecule has 5 aromatic carbocycles. The summed E-state index contributed by atoms with van der Waals surface area (Å²) in [4.78, 5) is 38.7. The Morgan fingerprint density at radius 3 is 1.90 bits per heavy atom. The molecule has 3 fully saturated rings. The van der Waals surface area contributed by atoms with E-state index < -0.39 is 85.6 Å². The number of rotatable bonds is 27. The molecular formula is C61H73NO15. The minimum Gasteiger partial charge on any atom is -0.469 e. The number of methoxy groups -OCH3 is 1. The van der Waals surface area contributed by atoms with E-state index in [1.165, 1.54) is 21.0 Å². The van der Waals surface area contributed by atoms with Crippen molar-refractivity contribution in [2.45, 2.75) is 152 Å². The number of esters is 2. The molecule has 2 N–H and O–H groups in total. The second-order valence-electron chi connectivity index (χ2n) is 19.8. The molecule has 77 heavy (non-hydrogen) atoms. The molecule has 1 amide bonds. The molecule has 3 aliphatic rings. The summed E-state index contributed by atoms with van der Waals surface area (Å²) in [7, 11) is 1.36. The number of carbonyl (C=O) groups excluding carboxylic acids is 3. The summed E-state index contributed by atoms with van der Waals surface area (Å²) < 4.78 is 72.8. The first-order valence-electron chi connectivity index (χ1n) is 26.6. The highest BCUT2D eigenvalue weighted by molar-refractivity contribution is 5.73. The molecule has 3 heterocycles. The van der Waals surface area contributed by atoms with E-state index in [9.17, 15) is 19.5 Å². The standard InChI is InChI=1S/C61H73NO15/c1-42(63)62-54-50(69-36-45-24-12-5-13-25-45)34-61(41-73-43(2)64,77-59-55(66)49(32-20-9-21-33-53(65)67-3)74-52-40-72-60(75-57(52)59)48-30-18-8-19-31-48)76-58(54)56(71-38-47-28-16-7-17-29-47)51(70-37-46-26-14-6-15-27-46)39-68-35-44-22-10-4-11-23-44/h4-8,10-19,22-31,49-52,54-60,66H,9,20-21,32-41H2,1-3H3,(H,62,63)/t49-,50-,51+,52+,54+,55-,56+,57-,58+,59+,60?,61?/m0/s1. The van der Waals surface area contributed by atoms with Crippen LogP contribution < -0.4 is 5.32 Å². The van der Waals surface area contributed by atoms with Gasteiger partial charge in [-0.3, -0.25) is 14.4 Å². The Labute approximate surface area is 451 Å². The van der Waals surface area contributed by atoms with E-state index in [0.717, 1.165) is 27.8 Å². The second kappa shape index (κ2) is 29.2.